The zero-order chi connectivity index (χ0) is 11.0. The molecule has 1 atom stereocenters. The Bertz CT molecular complexity index is 478. The average molecular weight is 263 g/mol. The molecule has 2 N–H and O–H groups in total. The fourth-order valence-electron chi connectivity index (χ4n) is 1.13. The van der Waals surface area contributed by atoms with E-state index in [1.807, 2.05) is 0 Å². The third-order valence-electron chi connectivity index (χ3n) is 1.84. The number of rotatable bonds is 2. The molecule has 2 aromatic rings. The summed E-state index contributed by atoms with van der Waals surface area (Å²) in [5.74, 6) is 1.08. The maximum atomic E-state index is 5.98. The third kappa shape index (κ3) is 2.18. The lowest BCUT2D eigenvalue weighted by Crippen LogP contribution is -2.04. The largest absolute Gasteiger partial charge is 0.439 e. The number of nitrogens with zero attached hydrogens (tertiary/aromatic N) is 1. The quantitative estimate of drug-likeness (QED) is 0.898. The van der Waals surface area contributed by atoms with Crippen molar-refractivity contribution in [3.05, 3.63) is 26.8 Å². The van der Waals surface area contributed by atoms with E-state index in [0.717, 1.165) is 5.56 Å². The second-order valence-corrected chi connectivity index (χ2v) is 5.37. The van der Waals surface area contributed by atoms with Gasteiger partial charge in [0.2, 0.25) is 5.89 Å². The van der Waals surface area contributed by atoms with Crippen LogP contribution in [0.15, 0.2) is 16.7 Å². The lowest BCUT2D eigenvalue weighted by atomic mass is 10.3. The Hall–Kier alpha value is -0.550. The van der Waals surface area contributed by atoms with Crippen LogP contribution in [-0.4, -0.2) is 4.98 Å². The minimum Gasteiger partial charge on any atom is -0.439 e. The monoisotopic (exact) mass is 262 g/mol. The third-order valence-corrected chi connectivity index (χ3v) is 3.32. The highest BCUT2D eigenvalue weighted by atomic mass is 35.5. The summed E-state index contributed by atoms with van der Waals surface area (Å²) < 4.78 is 6.66. The molecule has 0 fully saturated rings. The molecule has 15 heavy (non-hydrogen) atoms. The van der Waals surface area contributed by atoms with Gasteiger partial charge < -0.3 is 10.2 Å². The zero-order valence-corrected chi connectivity index (χ0v) is 10.2. The maximum absolute atomic E-state index is 5.98. The van der Waals surface area contributed by atoms with Crippen LogP contribution < -0.4 is 5.73 Å². The van der Waals surface area contributed by atoms with Crippen molar-refractivity contribution in [3.8, 4) is 11.3 Å². The molecule has 0 aliphatic heterocycles. The van der Waals surface area contributed by atoms with E-state index in [2.05, 4.69) is 4.98 Å². The minimum atomic E-state index is -0.230. The molecule has 0 aliphatic rings. The molecular formula is C9H8Cl2N2OS. The Kier molecular flexibility index (Phi) is 3.02. The molecule has 3 nitrogen and oxygen atoms in total. The Balaban J connectivity index is 2.41. The summed E-state index contributed by atoms with van der Waals surface area (Å²) >= 11 is 13.1. The van der Waals surface area contributed by atoms with Crippen molar-refractivity contribution >= 4 is 34.5 Å². The zero-order valence-electron chi connectivity index (χ0n) is 7.83. The van der Waals surface area contributed by atoms with E-state index in [0.29, 0.717) is 20.3 Å². The molecule has 0 spiro atoms. The molecule has 0 bridgehead atoms. The van der Waals surface area contributed by atoms with Gasteiger partial charge in [-0.25, -0.2) is 4.98 Å². The van der Waals surface area contributed by atoms with Crippen molar-refractivity contribution in [1.82, 2.24) is 4.98 Å². The molecule has 0 saturated carbocycles. The summed E-state index contributed by atoms with van der Waals surface area (Å²) in [7, 11) is 0. The molecule has 0 amide bonds. The van der Waals surface area contributed by atoms with Gasteiger partial charge in [0.1, 0.15) is 4.34 Å². The predicted molar refractivity (Wildman–Crippen MR) is 62.4 cm³/mol. The summed E-state index contributed by atoms with van der Waals surface area (Å²) in [6.07, 6.45) is 1.60. The molecule has 2 aromatic heterocycles. The first-order valence-corrected chi connectivity index (χ1v) is 5.81. The SMILES string of the molecule is CC(N)c1ncc(-c2cc(Cl)sc2Cl)o1. The molecule has 0 saturated heterocycles. The van der Waals surface area contributed by atoms with Gasteiger partial charge in [0.15, 0.2) is 5.76 Å². The normalized spacial score (nSPS) is 13.1. The van der Waals surface area contributed by atoms with Gasteiger partial charge in [0.05, 0.1) is 16.6 Å². The van der Waals surface area contributed by atoms with E-state index in [1.165, 1.54) is 11.3 Å². The van der Waals surface area contributed by atoms with Gasteiger partial charge in [-0.2, -0.15) is 0 Å². The van der Waals surface area contributed by atoms with Crippen molar-refractivity contribution in [1.29, 1.82) is 0 Å². The average Bonchev–Trinajstić information content (AvgIpc) is 2.71. The molecule has 0 radical (unpaired) electrons. The Morgan fingerprint density at radius 3 is 2.73 bits per heavy atom. The first kappa shape index (κ1) is 11.0. The van der Waals surface area contributed by atoms with Gasteiger partial charge in [0.25, 0.3) is 0 Å². The van der Waals surface area contributed by atoms with Crippen LogP contribution in [0.25, 0.3) is 11.3 Å². The second kappa shape index (κ2) is 4.14. The molecular weight excluding hydrogens is 255 g/mol. The van der Waals surface area contributed by atoms with Gasteiger partial charge in [-0.15, -0.1) is 11.3 Å². The van der Waals surface area contributed by atoms with E-state index in [4.69, 9.17) is 33.4 Å². The van der Waals surface area contributed by atoms with Crippen molar-refractivity contribution in [2.75, 3.05) is 0 Å². The molecule has 1 unspecified atom stereocenters. The van der Waals surface area contributed by atoms with Crippen LogP contribution in [0.4, 0.5) is 0 Å². The van der Waals surface area contributed by atoms with Crippen LogP contribution in [0.1, 0.15) is 18.9 Å². The van der Waals surface area contributed by atoms with Crippen LogP contribution in [0, 0.1) is 0 Å². The number of oxazole rings is 1. The van der Waals surface area contributed by atoms with Gasteiger partial charge in [0, 0.05) is 5.56 Å². The first-order valence-electron chi connectivity index (χ1n) is 4.24. The van der Waals surface area contributed by atoms with E-state index in [-0.39, 0.29) is 6.04 Å². The molecule has 6 heteroatoms. The lowest BCUT2D eigenvalue weighted by molar-refractivity contribution is 0.474. The lowest BCUT2D eigenvalue weighted by Gasteiger charge is -1.96. The number of nitrogens with two attached hydrogens (primary N) is 1. The van der Waals surface area contributed by atoms with E-state index >= 15 is 0 Å². The van der Waals surface area contributed by atoms with E-state index in [9.17, 15) is 0 Å². The highest BCUT2D eigenvalue weighted by molar-refractivity contribution is 7.20. The maximum Gasteiger partial charge on any atom is 0.211 e. The molecule has 0 aliphatic carbocycles. The second-order valence-electron chi connectivity index (χ2n) is 3.09. The number of hydrogen-bond acceptors (Lipinski definition) is 4. The predicted octanol–water partition coefficient (Wildman–Crippen LogP) is 3.73. The fraction of sp³-hybridized carbons (Fsp3) is 0.222. The van der Waals surface area contributed by atoms with Crippen LogP contribution in [0.5, 0.6) is 0 Å². The van der Waals surface area contributed by atoms with Crippen molar-refractivity contribution < 1.29 is 4.42 Å². The fourth-order valence-corrected chi connectivity index (χ4v) is 2.60. The van der Waals surface area contributed by atoms with E-state index < -0.39 is 0 Å². The summed E-state index contributed by atoms with van der Waals surface area (Å²) in [5.41, 5.74) is 6.39. The Labute approximate surface area is 101 Å². The van der Waals surface area contributed by atoms with Gasteiger partial charge in [-0.3, -0.25) is 0 Å². The Morgan fingerprint density at radius 2 is 2.27 bits per heavy atom. The topological polar surface area (TPSA) is 52.0 Å². The van der Waals surface area contributed by atoms with Gasteiger partial charge in [-0.05, 0) is 13.0 Å². The van der Waals surface area contributed by atoms with Crippen LogP contribution in [0.3, 0.4) is 0 Å². The van der Waals surface area contributed by atoms with Crippen molar-refractivity contribution in [3.63, 3.8) is 0 Å². The highest BCUT2D eigenvalue weighted by Gasteiger charge is 2.14. The van der Waals surface area contributed by atoms with Crippen LogP contribution in [-0.2, 0) is 0 Å². The number of thiophene rings is 1. The smallest absolute Gasteiger partial charge is 0.211 e. The summed E-state index contributed by atoms with van der Waals surface area (Å²) in [4.78, 5) is 4.05. The number of hydrogen-bond donors (Lipinski definition) is 1. The minimum absolute atomic E-state index is 0.230. The van der Waals surface area contributed by atoms with Gasteiger partial charge in [-0.1, -0.05) is 23.2 Å². The molecule has 2 rings (SSSR count). The summed E-state index contributed by atoms with van der Waals surface area (Å²) in [6, 6.07) is 1.52. The summed E-state index contributed by atoms with van der Waals surface area (Å²) in [6.45, 7) is 1.80. The highest BCUT2D eigenvalue weighted by Crippen LogP contribution is 2.38. The molecule has 0 aromatic carbocycles. The molecule has 2 heterocycles. The Morgan fingerprint density at radius 1 is 1.53 bits per heavy atom. The van der Waals surface area contributed by atoms with Gasteiger partial charge >= 0.3 is 0 Å². The van der Waals surface area contributed by atoms with Crippen molar-refractivity contribution in [2.24, 2.45) is 5.73 Å². The standard InChI is InChI=1S/C9H8Cl2N2OS/c1-4(12)9-13-3-6(14-9)5-2-7(10)15-8(5)11/h2-4H,12H2,1H3. The van der Waals surface area contributed by atoms with Crippen LogP contribution >= 0.6 is 34.5 Å². The van der Waals surface area contributed by atoms with Crippen molar-refractivity contribution in [2.45, 2.75) is 13.0 Å². The number of aromatic nitrogens is 1. The molecule has 80 valence electrons. The number of halogens is 2. The summed E-state index contributed by atoms with van der Waals surface area (Å²) in [5, 5.41) is 0. The van der Waals surface area contributed by atoms with E-state index in [1.54, 1.807) is 19.2 Å². The van der Waals surface area contributed by atoms with Crippen LogP contribution in [0.2, 0.25) is 8.67 Å². The first-order chi connectivity index (χ1) is 7.08.